The van der Waals surface area contributed by atoms with Crippen molar-refractivity contribution in [1.82, 2.24) is 20.9 Å². The lowest BCUT2D eigenvalue weighted by molar-refractivity contribution is -0.139. The molecule has 0 heterocycles. The Balaban J connectivity index is 1.94. The second kappa shape index (κ2) is 15.4. The molecule has 6 N–H and O–H groups in total. The maximum Gasteiger partial charge on any atom is 0.243 e. The lowest BCUT2D eigenvalue weighted by atomic mass is 10.0. The van der Waals surface area contributed by atoms with Gasteiger partial charge in [-0.25, -0.2) is 0 Å². The molecule has 3 atom stereocenters. The fourth-order valence-electron chi connectivity index (χ4n) is 3.68. The Morgan fingerprint density at radius 2 is 1.40 bits per heavy atom. The van der Waals surface area contributed by atoms with Crippen molar-refractivity contribution >= 4 is 29.4 Å². The maximum absolute atomic E-state index is 13.0. The predicted octanol–water partition coefficient (Wildman–Crippen LogP) is 0.252. The monoisotopic (exact) mass is 552 g/mol. The summed E-state index contributed by atoms with van der Waals surface area (Å²) >= 11 is 0. The third-order valence-electron chi connectivity index (χ3n) is 6.31. The number of nitrogens with zero attached hydrogens (tertiary/aromatic N) is 1. The van der Waals surface area contributed by atoms with Gasteiger partial charge in [0.05, 0.1) is 19.1 Å². The molecular formula is C29H38N5O6. The zero-order valence-electron chi connectivity index (χ0n) is 23.3. The first-order valence-corrected chi connectivity index (χ1v) is 12.9. The van der Waals surface area contributed by atoms with Crippen molar-refractivity contribution < 1.29 is 29.1 Å². The highest BCUT2D eigenvalue weighted by atomic mass is 16.3. The maximum atomic E-state index is 13.0. The van der Waals surface area contributed by atoms with Gasteiger partial charge < -0.3 is 31.7 Å². The molecule has 11 nitrogen and oxygen atoms in total. The Bertz CT molecular complexity index is 1170. The van der Waals surface area contributed by atoms with E-state index in [2.05, 4.69) is 16.0 Å². The van der Waals surface area contributed by atoms with Crippen molar-refractivity contribution in [2.75, 3.05) is 20.1 Å². The summed E-state index contributed by atoms with van der Waals surface area (Å²) in [5, 5.41) is 17.0. The fraction of sp³-hybridized carbons (Fsp3) is 0.379. The number of carbonyl (C=O) groups excluding carboxylic acids is 5. The van der Waals surface area contributed by atoms with Crippen LogP contribution in [0.3, 0.4) is 0 Å². The van der Waals surface area contributed by atoms with Gasteiger partial charge in [-0.15, -0.1) is 0 Å². The van der Waals surface area contributed by atoms with Crippen molar-refractivity contribution in [2.24, 2.45) is 5.73 Å². The molecule has 0 aliphatic heterocycles. The number of amides is 4. The van der Waals surface area contributed by atoms with E-state index >= 15 is 0 Å². The van der Waals surface area contributed by atoms with Crippen LogP contribution in [0.2, 0.25) is 0 Å². The summed E-state index contributed by atoms with van der Waals surface area (Å²) in [4.78, 5) is 64.1. The number of ketones is 1. The quantitative estimate of drug-likeness (QED) is 0.224. The highest BCUT2D eigenvalue weighted by molar-refractivity contribution is 5.97. The minimum atomic E-state index is -0.973. The van der Waals surface area contributed by atoms with E-state index in [1.165, 1.54) is 31.0 Å². The van der Waals surface area contributed by atoms with Crippen LogP contribution in [0.4, 0.5) is 0 Å². The number of hydrogen-bond donors (Lipinski definition) is 5. The largest absolute Gasteiger partial charge is 0.508 e. The van der Waals surface area contributed by atoms with Gasteiger partial charge in [0.15, 0.2) is 5.78 Å². The first kappa shape index (κ1) is 32.0. The van der Waals surface area contributed by atoms with Gasteiger partial charge in [-0.2, -0.15) is 0 Å². The molecule has 0 saturated heterocycles. The van der Waals surface area contributed by atoms with Crippen LogP contribution in [-0.4, -0.2) is 77.7 Å². The number of phenols is 1. The topological polar surface area (TPSA) is 171 Å². The van der Waals surface area contributed by atoms with E-state index in [0.717, 1.165) is 11.1 Å². The SMILES string of the molecule is C[C](C)C(=O)CNC(=O)[C@H](Cc1ccccc1)N(C)C(=O)CNC(=O)[C@@H](C)NC(=O)[C@@H](N)Cc1ccc(O)cc1. The van der Waals surface area contributed by atoms with Crippen molar-refractivity contribution in [3.05, 3.63) is 71.6 Å². The number of rotatable bonds is 14. The van der Waals surface area contributed by atoms with Gasteiger partial charge in [-0.05, 0) is 36.6 Å². The van der Waals surface area contributed by atoms with Crippen LogP contribution in [0, 0.1) is 5.92 Å². The highest BCUT2D eigenvalue weighted by Gasteiger charge is 2.28. The fourth-order valence-corrected chi connectivity index (χ4v) is 3.68. The molecule has 0 aliphatic rings. The van der Waals surface area contributed by atoms with Gasteiger partial charge in [-0.3, -0.25) is 24.0 Å². The first-order chi connectivity index (χ1) is 18.9. The molecule has 215 valence electrons. The van der Waals surface area contributed by atoms with Crippen molar-refractivity contribution in [2.45, 2.75) is 51.7 Å². The lowest BCUT2D eigenvalue weighted by Crippen LogP contribution is -2.54. The molecule has 40 heavy (non-hydrogen) atoms. The number of carbonyl (C=O) groups is 5. The normalized spacial score (nSPS) is 13.1. The average Bonchev–Trinajstić information content (AvgIpc) is 2.93. The van der Waals surface area contributed by atoms with Crippen molar-refractivity contribution in [3.63, 3.8) is 0 Å². The van der Waals surface area contributed by atoms with Crippen molar-refractivity contribution in [1.29, 1.82) is 0 Å². The number of hydrogen-bond acceptors (Lipinski definition) is 7. The lowest BCUT2D eigenvalue weighted by Gasteiger charge is -2.28. The predicted molar refractivity (Wildman–Crippen MR) is 150 cm³/mol. The molecule has 0 spiro atoms. The average molecular weight is 553 g/mol. The zero-order chi connectivity index (χ0) is 29.8. The second-order valence-corrected chi connectivity index (χ2v) is 9.78. The van der Waals surface area contributed by atoms with E-state index in [1.807, 2.05) is 30.3 Å². The Kier molecular flexibility index (Phi) is 12.3. The molecule has 0 unspecified atom stereocenters. The molecular weight excluding hydrogens is 514 g/mol. The third kappa shape index (κ3) is 10.1. The van der Waals surface area contributed by atoms with Crippen LogP contribution in [-0.2, 0) is 36.8 Å². The summed E-state index contributed by atoms with van der Waals surface area (Å²) in [6, 6.07) is 12.6. The summed E-state index contributed by atoms with van der Waals surface area (Å²) in [5.74, 6) is -1.75. The smallest absolute Gasteiger partial charge is 0.243 e. The Hall–Kier alpha value is -4.25. The van der Waals surface area contributed by atoms with Gasteiger partial charge in [0.2, 0.25) is 23.6 Å². The molecule has 4 amide bonds. The number of aromatic hydroxyl groups is 1. The van der Waals surface area contributed by atoms with Crippen LogP contribution in [0.1, 0.15) is 31.9 Å². The number of likely N-dealkylation sites (N-methyl/N-ethyl adjacent to an activating group) is 1. The van der Waals surface area contributed by atoms with Crippen LogP contribution in [0.15, 0.2) is 54.6 Å². The summed E-state index contributed by atoms with van der Waals surface area (Å²) in [7, 11) is 1.45. The van der Waals surface area contributed by atoms with Crippen LogP contribution < -0.4 is 21.7 Å². The van der Waals surface area contributed by atoms with E-state index in [4.69, 9.17) is 5.73 Å². The van der Waals surface area contributed by atoms with E-state index in [9.17, 15) is 29.1 Å². The summed E-state index contributed by atoms with van der Waals surface area (Å²) in [5.41, 5.74) is 7.51. The highest BCUT2D eigenvalue weighted by Crippen LogP contribution is 2.11. The van der Waals surface area contributed by atoms with Crippen LogP contribution in [0.5, 0.6) is 5.75 Å². The van der Waals surface area contributed by atoms with Gasteiger partial charge in [-0.1, -0.05) is 56.3 Å². The molecule has 2 aromatic rings. The Morgan fingerprint density at radius 3 is 2.00 bits per heavy atom. The molecule has 0 aromatic heterocycles. The minimum absolute atomic E-state index is 0.0969. The molecule has 0 fully saturated rings. The Labute approximate surface area is 234 Å². The van der Waals surface area contributed by atoms with Gasteiger partial charge in [0, 0.05) is 19.4 Å². The molecule has 0 saturated carbocycles. The van der Waals surface area contributed by atoms with E-state index in [-0.39, 0.29) is 30.9 Å². The van der Waals surface area contributed by atoms with Gasteiger partial charge in [0.1, 0.15) is 17.8 Å². The third-order valence-corrected chi connectivity index (χ3v) is 6.31. The number of Topliss-reactive ketones (excluding diaryl/α,β-unsaturated/α-hetero) is 1. The Morgan fingerprint density at radius 1 is 0.825 bits per heavy atom. The number of nitrogens with one attached hydrogen (secondary N) is 3. The zero-order valence-corrected chi connectivity index (χ0v) is 23.3. The molecule has 0 bridgehead atoms. The van der Waals surface area contributed by atoms with E-state index < -0.39 is 48.3 Å². The molecule has 11 heteroatoms. The van der Waals surface area contributed by atoms with E-state index in [1.54, 1.807) is 26.0 Å². The second-order valence-electron chi connectivity index (χ2n) is 9.78. The minimum Gasteiger partial charge on any atom is -0.508 e. The van der Waals surface area contributed by atoms with Gasteiger partial charge in [0.25, 0.3) is 0 Å². The number of benzene rings is 2. The molecule has 1 radical (unpaired) electrons. The van der Waals surface area contributed by atoms with E-state index in [0.29, 0.717) is 5.92 Å². The summed E-state index contributed by atoms with van der Waals surface area (Å²) in [6.07, 6.45) is 0.410. The first-order valence-electron chi connectivity index (χ1n) is 12.9. The molecule has 2 aromatic carbocycles. The summed E-state index contributed by atoms with van der Waals surface area (Å²) < 4.78 is 0. The molecule has 2 rings (SSSR count). The summed E-state index contributed by atoms with van der Waals surface area (Å²) in [6.45, 7) is 4.18. The number of phenolic OH excluding ortho intramolecular Hbond substituents is 1. The number of nitrogens with two attached hydrogens (primary N) is 1. The molecule has 0 aliphatic carbocycles. The van der Waals surface area contributed by atoms with Crippen LogP contribution >= 0.6 is 0 Å². The standard InChI is InChI=1S/C29H38N5O6/c1-18(2)25(36)16-31-29(40)24(15-20-8-6-5-7-9-20)34(4)26(37)17-32-27(38)19(3)33-28(39)23(30)14-21-10-12-22(35)13-11-21/h5-13,19,23-24,35H,14-17,30H2,1-4H3,(H,31,40)(H,32,38)(H,33,39)/t19-,23+,24+/m1/s1. The van der Waals surface area contributed by atoms with Crippen LogP contribution in [0.25, 0.3) is 0 Å². The van der Waals surface area contributed by atoms with Crippen molar-refractivity contribution in [3.8, 4) is 5.75 Å². The van der Waals surface area contributed by atoms with Gasteiger partial charge >= 0.3 is 0 Å².